The highest BCUT2D eigenvalue weighted by Crippen LogP contribution is 2.27. The van der Waals surface area contributed by atoms with E-state index in [0.29, 0.717) is 11.5 Å². The third-order valence-corrected chi connectivity index (χ3v) is 4.21. The molecular weight excluding hydrogens is 350 g/mol. The van der Waals surface area contributed by atoms with Crippen LogP contribution < -0.4 is 11.1 Å². The average Bonchev–Trinajstić information content (AvgIpc) is 2.75. The van der Waals surface area contributed by atoms with Crippen molar-refractivity contribution in [2.45, 2.75) is 0 Å². The van der Waals surface area contributed by atoms with Gasteiger partial charge in [-0.25, -0.2) is 9.97 Å². The quantitative estimate of drug-likeness (QED) is 0.555. The second-order valence-electron chi connectivity index (χ2n) is 6.10. The summed E-state index contributed by atoms with van der Waals surface area (Å²) in [5.74, 6) is 0.00356. The fourth-order valence-corrected chi connectivity index (χ4v) is 2.92. The number of carbonyl (C=O) groups excluding carboxylic acids is 1. The third-order valence-electron chi connectivity index (χ3n) is 4.21. The molecule has 0 radical (unpaired) electrons. The smallest absolute Gasteiger partial charge is 0.249 e. The topological polar surface area (TPSA) is 93.8 Å². The number of rotatable bonds is 5. The maximum absolute atomic E-state index is 11.7. The van der Waals surface area contributed by atoms with E-state index in [4.69, 9.17) is 5.73 Å². The van der Waals surface area contributed by atoms with Gasteiger partial charge >= 0.3 is 0 Å². The van der Waals surface area contributed by atoms with Gasteiger partial charge in [0, 0.05) is 23.6 Å². The first-order chi connectivity index (χ1) is 13.7. The van der Waals surface area contributed by atoms with Crippen molar-refractivity contribution in [1.29, 1.82) is 0 Å². The van der Waals surface area contributed by atoms with Crippen molar-refractivity contribution in [1.82, 2.24) is 15.0 Å². The number of carbonyl (C=O) groups is 1. The van der Waals surface area contributed by atoms with Crippen LogP contribution in [-0.4, -0.2) is 20.9 Å². The van der Waals surface area contributed by atoms with Crippen molar-refractivity contribution < 1.29 is 4.79 Å². The molecule has 4 rings (SSSR count). The summed E-state index contributed by atoms with van der Waals surface area (Å²) in [5.41, 5.74) is 9.95. The molecule has 2 aromatic carbocycles. The molecule has 2 heterocycles. The second-order valence-corrected chi connectivity index (χ2v) is 6.10. The number of hydrogen-bond acceptors (Lipinski definition) is 5. The second kappa shape index (κ2) is 7.67. The van der Waals surface area contributed by atoms with Crippen LogP contribution in [-0.2, 0) is 0 Å². The van der Waals surface area contributed by atoms with E-state index in [1.54, 1.807) is 24.5 Å². The van der Waals surface area contributed by atoms with Crippen LogP contribution in [0.3, 0.4) is 0 Å². The number of nitrogens with zero attached hydrogens (tertiary/aromatic N) is 3. The van der Waals surface area contributed by atoms with Crippen molar-refractivity contribution in [3.63, 3.8) is 0 Å². The molecule has 3 N–H and O–H groups in total. The molecule has 136 valence electrons. The van der Waals surface area contributed by atoms with Crippen LogP contribution in [0.25, 0.3) is 22.5 Å². The monoisotopic (exact) mass is 367 g/mol. The maximum Gasteiger partial charge on any atom is 0.249 e. The molecule has 0 unspecified atom stereocenters. The number of primary amides is 1. The Kier molecular flexibility index (Phi) is 4.76. The molecule has 0 saturated carbocycles. The van der Waals surface area contributed by atoms with Gasteiger partial charge in [0.1, 0.15) is 0 Å². The molecule has 0 fully saturated rings. The maximum atomic E-state index is 11.7. The first kappa shape index (κ1) is 17.4. The molecule has 0 aliphatic rings. The van der Waals surface area contributed by atoms with E-state index in [1.165, 1.54) is 0 Å². The summed E-state index contributed by atoms with van der Waals surface area (Å²) < 4.78 is 0. The highest BCUT2D eigenvalue weighted by atomic mass is 16.1. The van der Waals surface area contributed by atoms with Gasteiger partial charge in [0.25, 0.3) is 0 Å². The van der Waals surface area contributed by atoms with Crippen LogP contribution in [0.2, 0.25) is 0 Å². The Morgan fingerprint density at radius 1 is 0.821 bits per heavy atom. The minimum absolute atomic E-state index is 0.458. The van der Waals surface area contributed by atoms with E-state index in [-0.39, 0.29) is 0 Å². The van der Waals surface area contributed by atoms with E-state index >= 15 is 0 Å². The van der Waals surface area contributed by atoms with Crippen molar-refractivity contribution in [2.75, 3.05) is 5.32 Å². The van der Waals surface area contributed by atoms with Crippen LogP contribution in [0, 0.1) is 0 Å². The predicted octanol–water partition coefficient (Wildman–Crippen LogP) is 4.05. The lowest BCUT2D eigenvalue weighted by atomic mass is 9.99. The number of anilines is 2. The van der Waals surface area contributed by atoms with Crippen molar-refractivity contribution in [3.05, 3.63) is 90.8 Å². The lowest BCUT2D eigenvalue weighted by Gasteiger charge is -2.10. The minimum atomic E-state index is -0.458. The Morgan fingerprint density at radius 2 is 1.68 bits per heavy atom. The summed E-state index contributed by atoms with van der Waals surface area (Å²) in [7, 11) is 0. The van der Waals surface area contributed by atoms with E-state index in [1.807, 2.05) is 60.7 Å². The first-order valence-electron chi connectivity index (χ1n) is 8.71. The Balaban J connectivity index is 1.64. The van der Waals surface area contributed by atoms with E-state index < -0.39 is 5.91 Å². The molecule has 0 aliphatic carbocycles. The van der Waals surface area contributed by atoms with Gasteiger partial charge in [0.2, 0.25) is 11.9 Å². The van der Waals surface area contributed by atoms with Gasteiger partial charge in [0.05, 0.1) is 11.4 Å². The molecular formula is C22H17N5O. The van der Waals surface area contributed by atoms with Gasteiger partial charge < -0.3 is 11.1 Å². The van der Waals surface area contributed by atoms with E-state index in [0.717, 1.165) is 28.2 Å². The zero-order valence-corrected chi connectivity index (χ0v) is 14.9. The van der Waals surface area contributed by atoms with E-state index in [9.17, 15) is 4.79 Å². The predicted molar refractivity (Wildman–Crippen MR) is 109 cm³/mol. The molecule has 6 heteroatoms. The number of pyridine rings is 1. The lowest BCUT2D eigenvalue weighted by molar-refractivity contribution is 0.100. The van der Waals surface area contributed by atoms with Crippen LogP contribution in [0.1, 0.15) is 10.4 Å². The van der Waals surface area contributed by atoms with Crippen LogP contribution >= 0.6 is 0 Å². The molecule has 0 spiro atoms. The Hall–Kier alpha value is -4.06. The highest BCUT2D eigenvalue weighted by molar-refractivity contribution is 6.00. The molecule has 0 aliphatic heterocycles. The summed E-state index contributed by atoms with van der Waals surface area (Å²) in [6, 6.07) is 22.4. The van der Waals surface area contributed by atoms with Crippen molar-refractivity contribution in [2.24, 2.45) is 5.73 Å². The molecule has 1 amide bonds. The highest BCUT2D eigenvalue weighted by Gasteiger charge is 2.10. The zero-order chi connectivity index (χ0) is 19.3. The molecule has 6 nitrogen and oxygen atoms in total. The van der Waals surface area contributed by atoms with Gasteiger partial charge in [-0.05, 0) is 47.5 Å². The molecule has 0 saturated heterocycles. The van der Waals surface area contributed by atoms with E-state index in [2.05, 4.69) is 20.3 Å². The Labute approximate surface area is 162 Å². The lowest BCUT2D eigenvalue weighted by Crippen LogP contribution is -2.12. The van der Waals surface area contributed by atoms with Gasteiger partial charge in [-0.3, -0.25) is 9.78 Å². The van der Waals surface area contributed by atoms with Crippen molar-refractivity contribution in [3.8, 4) is 22.5 Å². The number of benzene rings is 2. The van der Waals surface area contributed by atoms with Gasteiger partial charge in [-0.2, -0.15) is 0 Å². The minimum Gasteiger partial charge on any atom is -0.366 e. The fraction of sp³-hybridized carbons (Fsp3) is 0. The van der Waals surface area contributed by atoms with Gasteiger partial charge in [-0.1, -0.05) is 36.4 Å². The summed E-state index contributed by atoms with van der Waals surface area (Å²) >= 11 is 0. The largest absolute Gasteiger partial charge is 0.366 e. The average molecular weight is 367 g/mol. The molecule has 0 bridgehead atoms. The Bertz CT molecular complexity index is 1130. The SMILES string of the molecule is NC(=O)c1ccccc1-c1cccc(Nc2nccc(-c3ccccn3)n2)c1. The number of nitrogens with one attached hydrogen (secondary N) is 1. The van der Waals surface area contributed by atoms with Crippen LogP contribution in [0.15, 0.2) is 85.2 Å². The molecule has 0 atom stereocenters. The van der Waals surface area contributed by atoms with Crippen LogP contribution in [0.5, 0.6) is 0 Å². The summed E-state index contributed by atoms with van der Waals surface area (Å²) in [5, 5.41) is 3.21. The summed E-state index contributed by atoms with van der Waals surface area (Å²) in [6.45, 7) is 0. The molecule has 4 aromatic rings. The third kappa shape index (κ3) is 3.71. The molecule has 28 heavy (non-hydrogen) atoms. The number of hydrogen-bond donors (Lipinski definition) is 2. The van der Waals surface area contributed by atoms with Gasteiger partial charge in [-0.15, -0.1) is 0 Å². The number of amides is 1. The Morgan fingerprint density at radius 3 is 2.50 bits per heavy atom. The molecule has 2 aromatic heterocycles. The van der Waals surface area contributed by atoms with Crippen LogP contribution in [0.4, 0.5) is 11.6 Å². The summed E-state index contributed by atoms with van der Waals surface area (Å²) in [6.07, 6.45) is 3.41. The number of aromatic nitrogens is 3. The number of nitrogens with two attached hydrogens (primary N) is 1. The van der Waals surface area contributed by atoms with Crippen molar-refractivity contribution >= 4 is 17.5 Å². The first-order valence-corrected chi connectivity index (χ1v) is 8.71. The summed E-state index contributed by atoms with van der Waals surface area (Å²) in [4.78, 5) is 24.9. The van der Waals surface area contributed by atoms with Gasteiger partial charge in [0.15, 0.2) is 0 Å². The zero-order valence-electron chi connectivity index (χ0n) is 14.9. The standard InChI is InChI=1S/C22H17N5O/c23-21(28)18-9-2-1-8-17(18)15-6-5-7-16(14-15)26-22-25-13-11-20(27-22)19-10-3-4-12-24-19/h1-14H,(H2,23,28)(H,25,26,27). The fourth-order valence-electron chi connectivity index (χ4n) is 2.92. The normalized spacial score (nSPS) is 10.4.